The molecule has 6 nitrogen and oxygen atoms in total. The van der Waals surface area contributed by atoms with E-state index in [1.54, 1.807) is 18.3 Å². The van der Waals surface area contributed by atoms with Crippen molar-refractivity contribution in [2.75, 3.05) is 18.0 Å². The van der Waals surface area contributed by atoms with Crippen molar-refractivity contribution >= 4 is 17.5 Å². The molecule has 0 saturated heterocycles. The van der Waals surface area contributed by atoms with Crippen LogP contribution in [0.3, 0.4) is 0 Å². The second kappa shape index (κ2) is 8.47. The number of benzene rings is 1. The van der Waals surface area contributed by atoms with Gasteiger partial charge in [0, 0.05) is 12.7 Å². The number of allylic oxidation sites excluding steroid dienone is 1. The van der Waals surface area contributed by atoms with Gasteiger partial charge in [-0.05, 0) is 68.9 Å². The van der Waals surface area contributed by atoms with E-state index in [1.165, 1.54) is 23.3 Å². The quantitative estimate of drug-likeness (QED) is 0.778. The van der Waals surface area contributed by atoms with Crippen LogP contribution < -0.4 is 15.0 Å². The van der Waals surface area contributed by atoms with Crippen molar-refractivity contribution in [2.45, 2.75) is 39.0 Å². The number of nitrogens with one attached hydrogen (secondary N) is 1. The molecule has 0 unspecified atom stereocenters. The lowest BCUT2D eigenvalue weighted by molar-refractivity contribution is -0.119. The van der Waals surface area contributed by atoms with Crippen LogP contribution >= 0.6 is 0 Å². The summed E-state index contributed by atoms with van der Waals surface area (Å²) in [6.07, 6.45) is 9.47. The van der Waals surface area contributed by atoms with E-state index in [2.05, 4.69) is 16.4 Å². The molecule has 1 aliphatic carbocycles. The summed E-state index contributed by atoms with van der Waals surface area (Å²) in [5, 5.41) is 2.96. The van der Waals surface area contributed by atoms with Crippen LogP contribution in [0.1, 0.15) is 48.0 Å². The predicted molar refractivity (Wildman–Crippen MR) is 111 cm³/mol. The van der Waals surface area contributed by atoms with E-state index in [0.717, 1.165) is 24.8 Å². The Morgan fingerprint density at radius 3 is 3.00 bits per heavy atom. The van der Waals surface area contributed by atoms with Gasteiger partial charge in [-0.1, -0.05) is 17.7 Å². The lowest BCUT2D eigenvalue weighted by Crippen LogP contribution is -2.41. The number of rotatable bonds is 5. The van der Waals surface area contributed by atoms with Crippen molar-refractivity contribution in [1.82, 2.24) is 10.3 Å². The number of carbonyl (C=O) groups is 2. The number of pyridine rings is 1. The molecular formula is C23H25N3O3. The number of hydrogen-bond acceptors (Lipinski definition) is 4. The number of fused-ring (bicyclic) bond motifs is 2. The van der Waals surface area contributed by atoms with Crippen molar-refractivity contribution in [2.24, 2.45) is 0 Å². The van der Waals surface area contributed by atoms with Gasteiger partial charge in [0.2, 0.25) is 11.8 Å². The van der Waals surface area contributed by atoms with Gasteiger partial charge in [-0.15, -0.1) is 0 Å². The second-order valence-corrected chi connectivity index (χ2v) is 7.53. The first-order valence-corrected chi connectivity index (χ1v) is 10.1. The number of ether oxygens (including phenoxy) is 1. The first-order chi connectivity index (χ1) is 14.1. The standard InChI is InChI=1S/C23H25N3O3/c1-16-9-10-20-19(14-16)26(23(28)18-8-5-12-25-22(18)29-20)15-21(27)24-13-11-17-6-3-2-4-7-17/h5-6,8-10,12,14H,2-4,7,11,13,15H2,1H3,(H,24,27). The maximum atomic E-state index is 13.2. The third kappa shape index (κ3) is 4.31. The first-order valence-electron chi connectivity index (χ1n) is 10.1. The summed E-state index contributed by atoms with van der Waals surface area (Å²) in [4.78, 5) is 31.5. The van der Waals surface area contributed by atoms with Gasteiger partial charge >= 0.3 is 0 Å². The van der Waals surface area contributed by atoms with Gasteiger partial charge in [0.1, 0.15) is 12.1 Å². The lowest BCUT2D eigenvalue weighted by atomic mass is 9.97. The smallest absolute Gasteiger partial charge is 0.264 e. The van der Waals surface area contributed by atoms with Gasteiger partial charge in [0.05, 0.1) is 5.69 Å². The van der Waals surface area contributed by atoms with E-state index >= 15 is 0 Å². The largest absolute Gasteiger partial charge is 0.436 e. The van der Waals surface area contributed by atoms with Crippen molar-refractivity contribution in [3.05, 3.63) is 59.3 Å². The Labute approximate surface area is 170 Å². The monoisotopic (exact) mass is 391 g/mol. The minimum atomic E-state index is -0.289. The topological polar surface area (TPSA) is 71.5 Å². The summed E-state index contributed by atoms with van der Waals surface area (Å²) < 4.78 is 5.89. The maximum absolute atomic E-state index is 13.2. The molecule has 29 heavy (non-hydrogen) atoms. The van der Waals surface area contributed by atoms with Crippen LogP contribution in [0.5, 0.6) is 11.6 Å². The van der Waals surface area contributed by atoms with E-state index in [-0.39, 0.29) is 24.2 Å². The average molecular weight is 391 g/mol. The van der Waals surface area contributed by atoms with Gasteiger partial charge in [0.15, 0.2) is 5.75 Å². The molecular weight excluding hydrogens is 366 g/mol. The number of aromatic nitrogens is 1. The summed E-state index contributed by atoms with van der Waals surface area (Å²) in [7, 11) is 0. The summed E-state index contributed by atoms with van der Waals surface area (Å²) in [6.45, 7) is 2.46. The first kappa shape index (κ1) is 19.2. The van der Waals surface area contributed by atoms with E-state index in [0.29, 0.717) is 23.5 Å². The van der Waals surface area contributed by atoms with Gasteiger partial charge in [-0.25, -0.2) is 4.98 Å². The van der Waals surface area contributed by atoms with Crippen LogP contribution in [-0.2, 0) is 4.79 Å². The molecule has 0 bridgehead atoms. The molecule has 1 aliphatic heterocycles. The van der Waals surface area contributed by atoms with Crippen LogP contribution in [0.4, 0.5) is 5.69 Å². The molecule has 0 radical (unpaired) electrons. The number of nitrogens with zero attached hydrogens (tertiary/aromatic N) is 2. The minimum Gasteiger partial charge on any atom is -0.436 e. The molecule has 0 spiro atoms. The third-order valence-electron chi connectivity index (χ3n) is 5.31. The Morgan fingerprint density at radius 2 is 2.17 bits per heavy atom. The summed E-state index contributed by atoms with van der Waals surface area (Å²) in [5.74, 6) is 0.299. The molecule has 4 rings (SSSR count). The lowest BCUT2D eigenvalue weighted by Gasteiger charge is -2.22. The zero-order valence-electron chi connectivity index (χ0n) is 16.6. The van der Waals surface area contributed by atoms with Crippen molar-refractivity contribution in [1.29, 1.82) is 0 Å². The Morgan fingerprint density at radius 1 is 1.28 bits per heavy atom. The SMILES string of the molecule is Cc1ccc2c(c1)N(CC(=O)NCCC1=CCCCC1)C(=O)c1cccnc1O2. The van der Waals surface area contributed by atoms with E-state index in [1.807, 2.05) is 25.1 Å². The molecule has 1 N–H and O–H groups in total. The fraction of sp³-hybridized carbons (Fsp3) is 0.348. The normalized spacial score (nSPS) is 15.6. The van der Waals surface area contributed by atoms with Gasteiger partial charge < -0.3 is 10.1 Å². The molecule has 2 heterocycles. The molecule has 0 saturated carbocycles. The molecule has 0 atom stereocenters. The van der Waals surface area contributed by atoms with Crippen LogP contribution in [0.25, 0.3) is 0 Å². The number of amides is 2. The molecule has 1 aromatic heterocycles. The van der Waals surface area contributed by atoms with Crippen LogP contribution in [-0.4, -0.2) is 29.9 Å². The Kier molecular flexibility index (Phi) is 5.60. The maximum Gasteiger partial charge on any atom is 0.264 e. The highest BCUT2D eigenvalue weighted by molar-refractivity contribution is 6.11. The van der Waals surface area contributed by atoms with E-state index in [9.17, 15) is 9.59 Å². The number of hydrogen-bond donors (Lipinski definition) is 1. The minimum absolute atomic E-state index is 0.0635. The van der Waals surface area contributed by atoms with Crippen molar-refractivity contribution in [3.8, 4) is 11.6 Å². The Bertz CT molecular complexity index is 968. The van der Waals surface area contributed by atoms with Gasteiger partial charge in [-0.3, -0.25) is 14.5 Å². The van der Waals surface area contributed by atoms with Crippen molar-refractivity contribution in [3.63, 3.8) is 0 Å². The number of anilines is 1. The van der Waals surface area contributed by atoms with E-state index in [4.69, 9.17) is 4.74 Å². The fourth-order valence-corrected chi connectivity index (χ4v) is 3.77. The predicted octanol–water partition coefficient (Wildman–Crippen LogP) is 4.15. The molecule has 2 aromatic rings. The molecule has 1 aromatic carbocycles. The highest BCUT2D eigenvalue weighted by atomic mass is 16.5. The zero-order chi connectivity index (χ0) is 20.2. The number of carbonyl (C=O) groups excluding carboxylic acids is 2. The summed E-state index contributed by atoms with van der Waals surface area (Å²) >= 11 is 0. The van der Waals surface area contributed by atoms with E-state index < -0.39 is 0 Å². The summed E-state index contributed by atoms with van der Waals surface area (Å²) in [6, 6.07) is 8.94. The molecule has 6 heteroatoms. The van der Waals surface area contributed by atoms with Crippen LogP contribution in [0.15, 0.2) is 48.2 Å². The van der Waals surface area contributed by atoms with Crippen LogP contribution in [0, 0.1) is 6.92 Å². The number of aryl methyl sites for hydroxylation is 1. The Hall–Kier alpha value is -3.15. The fourth-order valence-electron chi connectivity index (χ4n) is 3.77. The van der Waals surface area contributed by atoms with Gasteiger partial charge in [0.25, 0.3) is 5.91 Å². The molecule has 2 amide bonds. The summed E-state index contributed by atoms with van der Waals surface area (Å²) in [5.41, 5.74) is 3.32. The van der Waals surface area contributed by atoms with Gasteiger partial charge in [-0.2, -0.15) is 0 Å². The molecule has 150 valence electrons. The second-order valence-electron chi connectivity index (χ2n) is 7.53. The highest BCUT2D eigenvalue weighted by Gasteiger charge is 2.30. The average Bonchev–Trinajstić information content (AvgIpc) is 2.84. The van der Waals surface area contributed by atoms with Crippen molar-refractivity contribution < 1.29 is 14.3 Å². The van der Waals surface area contributed by atoms with Crippen LogP contribution in [0.2, 0.25) is 0 Å². The molecule has 0 fully saturated rings. The molecule has 2 aliphatic rings. The Balaban J connectivity index is 1.52. The zero-order valence-corrected chi connectivity index (χ0v) is 16.6. The highest BCUT2D eigenvalue weighted by Crippen LogP contribution is 2.38. The third-order valence-corrected chi connectivity index (χ3v) is 5.31.